The zero-order valence-electron chi connectivity index (χ0n) is 14.4. The maximum absolute atomic E-state index is 11.8. The maximum Gasteiger partial charge on any atom is 0.258 e. The molecule has 26 heavy (non-hydrogen) atoms. The first-order valence-electron chi connectivity index (χ1n) is 8.14. The number of hydrogen-bond acceptors (Lipinski definition) is 5. The number of ether oxygens (including phenoxy) is 1. The Bertz CT molecular complexity index is 891. The number of rotatable bonds is 6. The highest BCUT2D eigenvalue weighted by Crippen LogP contribution is 2.29. The molecule has 0 aliphatic heterocycles. The topological polar surface area (TPSA) is 77.2 Å². The van der Waals surface area contributed by atoms with Crippen molar-refractivity contribution in [3.8, 4) is 28.6 Å². The van der Waals surface area contributed by atoms with E-state index >= 15 is 0 Å². The van der Waals surface area contributed by atoms with Crippen LogP contribution in [0.4, 0.5) is 0 Å². The minimum atomic E-state index is -0.190. The van der Waals surface area contributed by atoms with E-state index < -0.39 is 0 Å². The van der Waals surface area contributed by atoms with E-state index in [2.05, 4.69) is 15.5 Å². The molecule has 0 bridgehead atoms. The van der Waals surface area contributed by atoms with Crippen molar-refractivity contribution in [2.45, 2.75) is 19.9 Å². The van der Waals surface area contributed by atoms with Gasteiger partial charge in [-0.2, -0.15) is 4.98 Å². The second kappa shape index (κ2) is 8.01. The number of carbonyl (C=O) groups is 1. The second-order valence-electron chi connectivity index (χ2n) is 5.94. The summed E-state index contributed by atoms with van der Waals surface area (Å²) in [4.78, 5) is 16.2. The van der Waals surface area contributed by atoms with E-state index in [1.54, 1.807) is 30.3 Å². The molecule has 6 nitrogen and oxygen atoms in total. The number of nitrogens with one attached hydrogen (secondary N) is 1. The Kier molecular flexibility index (Phi) is 5.53. The minimum Gasteiger partial charge on any atom is -0.483 e. The van der Waals surface area contributed by atoms with Crippen LogP contribution in [0.25, 0.3) is 22.8 Å². The van der Waals surface area contributed by atoms with Crippen LogP contribution in [0.15, 0.2) is 53.1 Å². The average molecular weight is 372 g/mol. The third-order valence-electron chi connectivity index (χ3n) is 3.45. The zero-order chi connectivity index (χ0) is 18.5. The molecule has 1 heterocycles. The molecule has 0 saturated carbocycles. The molecule has 134 valence electrons. The van der Waals surface area contributed by atoms with Gasteiger partial charge in [0.25, 0.3) is 11.8 Å². The number of carbonyl (C=O) groups excluding carboxylic acids is 1. The standard InChI is InChI=1S/C19H18ClN3O3/c1-12(2)21-17(24)11-25-16-6-4-3-5-15(16)18-22-19(26-23-18)13-7-9-14(20)10-8-13/h3-10,12H,11H2,1-2H3,(H,21,24). The van der Waals surface area contributed by atoms with Gasteiger partial charge in [0.15, 0.2) is 6.61 Å². The number of para-hydroxylation sites is 1. The van der Waals surface area contributed by atoms with Gasteiger partial charge >= 0.3 is 0 Å². The first kappa shape index (κ1) is 17.9. The van der Waals surface area contributed by atoms with E-state index in [1.165, 1.54) is 0 Å². The van der Waals surface area contributed by atoms with Gasteiger partial charge in [-0.25, -0.2) is 0 Å². The van der Waals surface area contributed by atoms with Crippen LogP contribution in [0.1, 0.15) is 13.8 Å². The van der Waals surface area contributed by atoms with E-state index in [0.717, 1.165) is 5.56 Å². The lowest BCUT2D eigenvalue weighted by molar-refractivity contribution is -0.123. The molecule has 0 spiro atoms. The molecule has 3 aromatic rings. The van der Waals surface area contributed by atoms with Crippen LogP contribution in [0.3, 0.4) is 0 Å². The van der Waals surface area contributed by atoms with Crippen LogP contribution in [0.2, 0.25) is 5.02 Å². The van der Waals surface area contributed by atoms with Crippen LogP contribution >= 0.6 is 11.6 Å². The summed E-state index contributed by atoms with van der Waals surface area (Å²) in [5.74, 6) is 1.08. The Morgan fingerprint density at radius 2 is 1.92 bits per heavy atom. The van der Waals surface area contributed by atoms with Crippen molar-refractivity contribution in [2.75, 3.05) is 6.61 Å². The fourth-order valence-electron chi connectivity index (χ4n) is 2.33. The Morgan fingerprint density at radius 1 is 1.19 bits per heavy atom. The first-order chi connectivity index (χ1) is 12.5. The lowest BCUT2D eigenvalue weighted by Crippen LogP contribution is -2.34. The highest BCUT2D eigenvalue weighted by Gasteiger charge is 2.15. The Balaban J connectivity index is 1.80. The SMILES string of the molecule is CC(C)NC(=O)COc1ccccc1-c1noc(-c2ccc(Cl)cc2)n1. The number of benzene rings is 2. The minimum absolute atomic E-state index is 0.0560. The van der Waals surface area contributed by atoms with Crippen molar-refractivity contribution in [3.05, 3.63) is 53.6 Å². The third kappa shape index (κ3) is 4.40. The number of amides is 1. The Hall–Kier alpha value is -2.86. The molecule has 1 amide bonds. The summed E-state index contributed by atoms with van der Waals surface area (Å²) in [5.41, 5.74) is 1.41. The van der Waals surface area contributed by atoms with Crippen LogP contribution in [-0.4, -0.2) is 28.7 Å². The molecule has 3 rings (SSSR count). The van der Waals surface area contributed by atoms with Crippen molar-refractivity contribution >= 4 is 17.5 Å². The van der Waals surface area contributed by atoms with Crippen molar-refractivity contribution in [2.24, 2.45) is 0 Å². The Labute approximate surface area is 156 Å². The molecule has 7 heteroatoms. The molecule has 0 fully saturated rings. The van der Waals surface area contributed by atoms with Crippen molar-refractivity contribution in [1.82, 2.24) is 15.5 Å². The number of nitrogens with zero attached hydrogens (tertiary/aromatic N) is 2. The number of aromatic nitrogens is 2. The second-order valence-corrected chi connectivity index (χ2v) is 6.37. The maximum atomic E-state index is 11.8. The lowest BCUT2D eigenvalue weighted by atomic mass is 10.2. The predicted molar refractivity (Wildman–Crippen MR) is 99.0 cm³/mol. The number of halogens is 1. The van der Waals surface area contributed by atoms with Crippen molar-refractivity contribution in [1.29, 1.82) is 0 Å². The highest BCUT2D eigenvalue weighted by molar-refractivity contribution is 6.30. The summed E-state index contributed by atoms with van der Waals surface area (Å²) in [6, 6.07) is 14.4. The summed E-state index contributed by atoms with van der Waals surface area (Å²) < 4.78 is 11.0. The Morgan fingerprint density at radius 3 is 2.65 bits per heavy atom. The summed E-state index contributed by atoms with van der Waals surface area (Å²) in [5, 5.41) is 7.43. The number of hydrogen-bond donors (Lipinski definition) is 1. The average Bonchev–Trinajstić information content (AvgIpc) is 3.10. The van der Waals surface area contributed by atoms with Gasteiger partial charge in [-0.15, -0.1) is 0 Å². The van der Waals surface area contributed by atoms with Crippen LogP contribution < -0.4 is 10.1 Å². The van der Waals surface area contributed by atoms with Gasteiger partial charge in [-0.1, -0.05) is 28.9 Å². The van der Waals surface area contributed by atoms with Crippen molar-refractivity contribution in [3.63, 3.8) is 0 Å². The zero-order valence-corrected chi connectivity index (χ0v) is 15.2. The fourth-order valence-corrected chi connectivity index (χ4v) is 2.45. The molecule has 0 saturated heterocycles. The highest BCUT2D eigenvalue weighted by atomic mass is 35.5. The molecular weight excluding hydrogens is 354 g/mol. The van der Waals surface area contributed by atoms with E-state index in [0.29, 0.717) is 28.1 Å². The monoisotopic (exact) mass is 371 g/mol. The molecule has 1 N–H and O–H groups in total. The lowest BCUT2D eigenvalue weighted by Gasteiger charge is -2.11. The summed E-state index contributed by atoms with van der Waals surface area (Å²) in [7, 11) is 0. The molecule has 0 aliphatic rings. The van der Waals surface area contributed by atoms with Gasteiger partial charge in [0.2, 0.25) is 5.82 Å². The smallest absolute Gasteiger partial charge is 0.258 e. The largest absolute Gasteiger partial charge is 0.483 e. The van der Waals surface area contributed by atoms with Crippen molar-refractivity contribution < 1.29 is 14.1 Å². The normalized spacial score (nSPS) is 10.8. The molecular formula is C19H18ClN3O3. The van der Waals surface area contributed by atoms with Crippen LogP contribution in [-0.2, 0) is 4.79 Å². The quantitative estimate of drug-likeness (QED) is 0.709. The van der Waals surface area contributed by atoms with Crippen LogP contribution in [0, 0.1) is 0 Å². The van der Waals surface area contributed by atoms with Gasteiger partial charge in [0, 0.05) is 16.6 Å². The molecule has 0 unspecified atom stereocenters. The summed E-state index contributed by atoms with van der Waals surface area (Å²) in [6.45, 7) is 3.70. The third-order valence-corrected chi connectivity index (χ3v) is 3.71. The first-order valence-corrected chi connectivity index (χ1v) is 8.52. The predicted octanol–water partition coefficient (Wildman–Crippen LogP) is 3.96. The molecule has 1 aromatic heterocycles. The molecule has 0 aliphatic carbocycles. The van der Waals surface area contributed by atoms with E-state index in [-0.39, 0.29) is 18.6 Å². The molecule has 0 atom stereocenters. The fraction of sp³-hybridized carbons (Fsp3) is 0.211. The van der Waals surface area contributed by atoms with E-state index in [9.17, 15) is 4.79 Å². The van der Waals surface area contributed by atoms with Gasteiger partial charge in [0.05, 0.1) is 5.56 Å². The summed E-state index contributed by atoms with van der Waals surface area (Å²) in [6.07, 6.45) is 0. The molecule has 0 radical (unpaired) electrons. The summed E-state index contributed by atoms with van der Waals surface area (Å²) >= 11 is 5.90. The van der Waals surface area contributed by atoms with E-state index in [1.807, 2.05) is 32.0 Å². The van der Waals surface area contributed by atoms with Crippen LogP contribution in [0.5, 0.6) is 5.75 Å². The van der Waals surface area contributed by atoms with Gasteiger partial charge in [-0.05, 0) is 50.2 Å². The van der Waals surface area contributed by atoms with Gasteiger partial charge < -0.3 is 14.6 Å². The van der Waals surface area contributed by atoms with Gasteiger partial charge in [-0.3, -0.25) is 4.79 Å². The molecule has 2 aromatic carbocycles. The van der Waals surface area contributed by atoms with E-state index in [4.69, 9.17) is 20.9 Å². The van der Waals surface area contributed by atoms with Gasteiger partial charge in [0.1, 0.15) is 5.75 Å².